The smallest absolute Gasteiger partial charge is 0.303 e. The summed E-state index contributed by atoms with van der Waals surface area (Å²) in [5, 5.41) is 0. The number of halogens is 1. The van der Waals surface area contributed by atoms with Crippen molar-refractivity contribution in [1.82, 2.24) is 14.9 Å². The zero-order chi connectivity index (χ0) is 17.9. The molecule has 0 radical (unpaired) electrons. The van der Waals surface area contributed by atoms with Gasteiger partial charge in [0.15, 0.2) is 5.60 Å². The van der Waals surface area contributed by atoms with Crippen molar-refractivity contribution < 1.29 is 23.5 Å². The number of aromatic nitrogens is 2. The maximum absolute atomic E-state index is 14.1. The maximum atomic E-state index is 14.1. The van der Waals surface area contributed by atoms with Crippen molar-refractivity contribution in [2.45, 2.75) is 52.2 Å². The first-order chi connectivity index (χ1) is 11.2. The highest BCUT2D eigenvalue weighted by Gasteiger charge is 2.39. The minimum Gasteiger partial charge on any atom is -0.470 e. The quantitative estimate of drug-likeness (QED) is 0.756. The highest BCUT2D eigenvalue weighted by atomic mass is 19.1. The molecule has 1 atom stereocenters. The number of esters is 1. The molecule has 0 saturated carbocycles. The van der Waals surface area contributed by atoms with Crippen LogP contribution in [0.4, 0.5) is 4.39 Å². The molecule has 1 aromatic heterocycles. The Morgan fingerprint density at radius 1 is 1.42 bits per heavy atom. The van der Waals surface area contributed by atoms with E-state index in [-0.39, 0.29) is 24.4 Å². The topological polar surface area (TPSA) is 81.6 Å². The molecule has 8 heteroatoms. The van der Waals surface area contributed by atoms with Crippen LogP contribution in [0.1, 0.15) is 39.8 Å². The normalized spacial score (nSPS) is 17.7. The largest absolute Gasteiger partial charge is 0.470 e. The SMILES string of the molecule is CCc1ncnc(O[C@@H]2CCN(C(=O)C(C)(C)OC(C)=O)C2)c1F. The van der Waals surface area contributed by atoms with Gasteiger partial charge in [-0.1, -0.05) is 6.92 Å². The molecule has 2 heterocycles. The highest BCUT2D eigenvalue weighted by Crippen LogP contribution is 2.23. The molecular formula is C16H22FN3O4. The molecule has 0 aromatic carbocycles. The van der Waals surface area contributed by atoms with Crippen molar-refractivity contribution in [3.63, 3.8) is 0 Å². The van der Waals surface area contributed by atoms with E-state index in [4.69, 9.17) is 9.47 Å². The number of rotatable bonds is 5. The zero-order valence-electron chi connectivity index (χ0n) is 14.3. The molecule has 1 aliphatic heterocycles. The molecule has 24 heavy (non-hydrogen) atoms. The molecule has 2 rings (SSSR count). The minimum absolute atomic E-state index is 0.0969. The highest BCUT2D eigenvalue weighted by molar-refractivity contribution is 5.87. The monoisotopic (exact) mass is 339 g/mol. The van der Waals surface area contributed by atoms with Crippen LogP contribution < -0.4 is 4.74 Å². The number of amides is 1. The predicted octanol–water partition coefficient (Wildman–Crippen LogP) is 1.50. The third-order valence-corrected chi connectivity index (χ3v) is 3.79. The first kappa shape index (κ1) is 18.1. The summed E-state index contributed by atoms with van der Waals surface area (Å²) in [6, 6.07) is 0. The van der Waals surface area contributed by atoms with Gasteiger partial charge in [0.05, 0.1) is 12.2 Å². The molecule has 1 aliphatic rings. The van der Waals surface area contributed by atoms with Crippen molar-refractivity contribution >= 4 is 11.9 Å². The van der Waals surface area contributed by atoms with Gasteiger partial charge < -0.3 is 14.4 Å². The van der Waals surface area contributed by atoms with Crippen LogP contribution >= 0.6 is 0 Å². The summed E-state index contributed by atoms with van der Waals surface area (Å²) >= 11 is 0. The molecule has 132 valence electrons. The van der Waals surface area contributed by atoms with Gasteiger partial charge in [0.2, 0.25) is 5.82 Å². The van der Waals surface area contributed by atoms with Gasteiger partial charge in [0, 0.05) is 19.9 Å². The average Bonchev–Trinajstić information content (AvgIpc) is 2.95. The number of nitrogens with zero attached hydrogens (tertiary/aromatic N) is 3. The number of hydrogen-bond acceptors (Lipinski definition) is 6. The van der Waals surface area contributed by atoms with E-state index in [2.05, 4.69) is 9.97 Å². The van der Waals surface area contributed by atoms with E-state index in [0.29, 0.717) is 25.1 Å². The molecule has 1 aromatic rings. The number of carbonyl (C=O) groups excluding carboxylic acids is 2. The summed E-state index contributed by atoms with van der Waals surface area (Å²) in [5.74, 6) is -1.48. The molecule has 7 nitrogen and oxygen atoms in total. The second-order valence-electron chi connectivity index (χ2n) is 6.18. The second kappa shape index (κ2) is 7.11. The first-order valence-electron chi connectivity index (χ1n) is 7.89. The lowest BCUT2D eigenvalue weighted by atomic mass is 10.1. The van der Waals surface area contributed by atoms with Crippen LogP contribution in [0, 0.1) is 5.82 Å². The molecule has 0 spiro atoms. The van der Waals surface area contributed by atoms with Crippen LogP contribution in [0.5, 0.6) is 5.88 Å². The third kappa shape index (κ3) is 3.98. The van der Waals surface area contributed by atoms with Gasteiger partial charge in [-0.3, -0.25) is 9.59 Å². The van der Waals surface area contributed by atoms with Crippen LogP contribution in [0.3, 0.4) is 0 Å². The Morgan fingerprint density at radius 2 is 2.12 bits per heavy atom. The summed E-state index contributed by atoms with van der Waals surface area (Å²) in [6.07, 6.45) is 1.89. The van der Waals surface area contributed by atoms with Crippen LogP contribution in [0.2, 0.25) is 0 Å². The molecular weight excluding hydrogens is 317 g/mol. The lowest BCUT2D eigenvalue weighted by Gasteiger charge is -2.28. The molecule has 0 unspecified atom stereocenters. The Balaban J connectivity index is 2.01. The number of likely N-dealkylation sites (tertiary alicyclic amines) is 1. The van der Waals surface area contributed by atoms with Gasteiger partial charge in [0.1, 0.15) is 12.4 Å². The second-order valence-corrected chi connectivity index (χ2v) is 6.18. The summed E-state index contributed by atoms with van der Waals surface area (Å²) in [6.45, 7) is 6.87. The van der Waals surface area contributed by atoms with Crippen molar-refractivity contribution in [2.75, 3.05) is 13.1 Å². The van der Waals surface area contributed by atoms with Gasteiger partial charge in [-0.05, 0) is 20.3 Å². The van der Waals surface area contributed by atoms with E-state index >= 15 is 0 Å². The Labute approximate surface area is 140 Å². The van der Waals surface area contributed by atoms with Crippen molar-refractivity contribution in [3.8, 4) is 5.88 Å². The zero-order valence-corrected chi connectivity index (χ0v) is 14.3. The van der Waals surface area contributed by atoms with E-state index in [1.807, 2.05) is 0 Å². The predicted molar refractivity (Wildman–Crippen MR) is 82.8 cm³/mol. The Morgan fingerprint density at radius 3 is 2.75 bits per heavy atom. The van der Waals surface area contributed by atoms with E-state index in [1.165, 1.54) is 13.3 Å². The van der Waals surface area contributed by atoms with Crippen molar-refractivity contribution in [3.05, 3.63) is 17.8 Å². The van der Waals surface area contributed by atoms with Crippen LogP contribution in [-0.2, 0) is 20.7 Å². The molecule has 0 aliphatic carbocycles. The average molecular weight is 339 g/mol. The standard InChI is InChI=1S/C16H22FN3O4/c1-5-12-13(17)14(19-9-18-12)23-11-6-7-20(8-11)15(22)16(3,4)24-10(2)21/h9,11H,5-8H2,1-4H3/t11-/m1/s1. The molecule has 1 fully saturated rings. The summed E-state index contributed by atoms with van der Waals surface area (Å²) in [5.41, 5.74) is -0.946. The Bertz CT molecular complexity index is 636. The molecule has 0 bridgehead atoms. The Hall–Kier alpha value is -2.25. The fourth-order valence-corrected chi connectivity index (χ4v) is 2.67. The van der Waals surface area contributed by atoms with Crippen LogP contribution in [0.25, 0.3) is 0 Å². The molecule has 1 amide bonds. The Kier molecular flexibility index (Phi) is 5.36. The lowest BCUT2D eigenvalue weighted by molar-refractivity contribution is -0.168. The van der Waals surface area contributed by atoms with Gasteiger partial charge in [-0.15, -0.1) is 0 Å². The van der Waals surface area contributed by atoms with E-state index in [9.17, 15) is 14.0 Å². The maximum Gasteiger partial charge on any atom is 0.303 e. The molecule has 1 saturated heterocycles. The third-order valence-electron chi connectivity index (χ3n) is 3.79. The van der Waals surface area contributed by atoms with Crippen LogP contribution in [-0.4, -0.2) is 51.5 Å². The van der Waals surface area contributed by atoms with Crippen LogP contribution in [0.15, 0.2) is 6.33 Å². The first-order valence-corrected chi connectivity index (χ1v) is 7.89. The van der Waals surface area contributed by atoms with Gasteiger partial charge in [0.25, 0.3) is 11.8 Å². The molecule has 0 N–H and O–H groups in total. The minimum atomic E-state index is -1.24. The van der Waals surface area contributed by atoms with E-state index < -0.39 is 17.4 Å². The number of ether oxygens (including phenoxy) is 2. The summed E-state index contributed by atoms with van der Waals surface area (Å²) in [4.78, 5) is 32.8. The van der Waals surface area contributed by atoms with E-state index in [0.717, 1.165) is 0 Å². The van der Waals surface area contributed by atoms with Gasteiger partial charge in [-0.2, -0.15) is 9.37 Å². The van der Waals surface area contributed by atoms with Gasteiger partial charge >= 0.3 is 5.97 Å². The number of hydrogen-bond donors (Lipinski definition) is 0. The summed E-state index contributed by atoms with van der Waals surface area (Å²) < 4.78 is 24.8. The van der Waals surface area contributed by atoms with Crippen molar-refractivity contribution in [2.24, 2.45) is 0 Å². The fourth-order valence-electron chi connectivity index (χ4n) is 2.67. The fraction of sp³-hybridized carbons (Fsp3) is 0.625. The van der Waals surface area contributed by atoms with Crippen molar-refractivity contribution in [1.29, 1.82) is 0 Å². The number of carbonyl (C=O) groups is 2. The lowest BCUT2D eigenvalue weighted by Crippen LogP contribution is -2.47. The van der Waals surface area contributed by atoms with E-state index in [1.54, 1.807) is 25.7 Å². The number of aryl methyl sites for hydroxylation is 1. The summed E-state index contributed by atoms with van der Waals surface area (Å²) in [7, 11) is 0. The van der Waals surface area contributed by atoms with Gasteiger partial charge in [-0.25, -0.2) is 4.98 Å².